The molecule has 92 valence electrons. The van der Waals surface area contributed by atoms with Crippen molar-refractivity contribution in [2.24, 2.45) is 5.92 Å². The second-order valence-corrected chi connectivity index (χ2v) is 5.59. The predicted octanol–water partition coefficient (Wildman–Crippen LogP) is 0.358. The van der Waals surface area contributed by atoms with Crippen LogP contribution in [0.4, 0.5) is 0 Å². The molecule has 2 aliphatic heterocycles. The summed E-state index contributed by atoms with van der Waals surface area (Å²) in [5.41, 5.74) is -0.676. The molecule has 0 aromatic heterocycles. The first kappa shape index (κ1) is 11.9. The number of hydrogen-bond donors (Lipinski definition) is 2. The largest absolute Gasteiger partial charge is 0.388 e. The van der Waals surface area contributed by atoms with Crippen LogP contribution in [0.2, 0.25) is 0 Å². The highest BCUT2D eigenvalue weighted by Crippen LogP contribution is 2.24. The average molecular weight is 226 g/mol. The molecule has 4 nitrogen and oxygen atoms in total. The van der Waals surface area contributed by atoms with Crippen molar-refractivity contribution in [1.82, 2.24) is 10.2 Å². The smallest absolute Gasteiger partial charge is 0.227 e. The van der Waals surface area contributed by atoms with Gasteiger partial charge in [-0.2, -0.15) is 0 Å². The summed E-state index contributed by atoms with van der Waals surface area (Å²) in [5, 5.41) is 13.2. The number of rotatable bonds is 1. The molecule has 2 N–H and O–H groups in total. The summed E-state index contributed by atoms with van der Waals surface area (Å²) in [7, 11) is 0. The zero-order valence-electron chi connectivity index (χ0n) is 10.2. The van der Waals surface area contributed by atoms with Crippen LogP contribution in [0.25, 0.3) is 0 Å². The van der Waals surface area contributed by atoms with Gasteiger partial charge in [-0.15, -0.1) is 0 Å². The van der Waals surface area contributed by atoms with Crippen molar-refractivity contribution in [3.63, 3.8) is 0 Å². The molecule has 2 heterocycles. The molecule has 2 fully saturated rings. The lowest BCUT2D eigenvalue weighted by Gasteiger charge is -2.30. The summed E-state index contributed by atoms with van der Waals surface area (Å²) < 4.78 is 0. The zero-order chi connectivity index (χ0) is 11.8. The van der Waals surface area contributed by atoms with Crippen LogP contribution in [0.3, 0.4) is 0 Å². The van der Waals surface area contributed by atoms with Gasteiger partial charge in [0.1, 0.15) is 0 Å². The number of piperidine rings is 1. The molecule has 2 rings (SSSR count). The first-order valence-electron chi connectivity index (χ1n) is 6.22. The van der Waals surface area contributed by atoms with E-state index in [0.717, 1.165) is 19.4 Å². The van der Waals surface area contributed by atoms with Crippen LogP contribution in [0.5, 0.6) is 0 Å². The van der Waals surface area contributed by atoms with E-state index in [1.165, 1.54) is 0 Å². The molecular formula is C12H22N2O2. The summed E-state index contributed by atoms with van der Waals surface area (Å²) in [6.07, 6.45) is 2.75. The third kappa shape index (κ3) is 2.55. The molecule has 0 aromatic rings. The Morgan fingerprint density at radius 1 is 1.50 bits per heavy atom. The molecule has 3 unspecified atom stereocenters. The average Bonchev–Trinajstić information content (AvgIpc) is 2.59. The van der Waals surface area contributed by atoms with E-state index in [-0.39, 0.29) is 11.8 Å². The first-order chi connectivity index (χ1) is 7.48. The van der Waals surface area contributed by atoms with Gasteiger partial charge in [-0.25, -0.2) is 0 Å². The number of likely N-dealkylation sites (tertiary alicyclic amines) is 1. The number of aliphatic hydroxyl groups is 1. The van der Waals surface area contributed by atoms with Gasteiger partial charge in [0.2, 0.25) is 5.91 Å². The Hall–Kier alpha value is -0.610. The van der Waals surface area contributed by atoms with Gasteiger partial charge in [0.25, 0.3) is 0 Å². The summed E-state index contributed by atoms with van der Waals surface area (Å²) >= 11 is 0. The zero-order valence-corrected chi connectivity index (χ0v) is 10.2. The van der Waals surface area contributed by atoms with E-state index < -0.39 is 5.60 Å². The molecule has 0 saturated carbocycles. The number of amides is 1. The van der Waals surface area contributed by atoms with E-state index in [1.54, 1.807) is 0 Å². The van der Waals surface area contributed by atoms with Crippen LogP contribution in [0.15, 0.2) is 0 Å². The molecule has 1 amide bonds. The number of hydrogen-bond acceptors (Lipinski definition) is 3. The van der Waals surface area contributed by atoms with E-state index in [4.69, 9.17) is 0 Å². The van der Waals surface area contributed by atoms with E-state index >= 15 is 0 Å². The summed E-state index contributed by atoms with van der Waals surface area (Å²) in [4.78, 5) is 14.0. The SMILES string of the molecule is CC1CCC(C(=O)N2CCC(C)(O)C2)CN1. The Labute approximate surface area is 97.0 Å². The van der Waals surface area contributed by atoms with Gasteiger partial charge in [-0.05, 0) is 33.1 Å². The van der Waals surface area contributed by atoms with Crippen molar-refractivity contribution in [2.75, 3.05) is 19.6 Å². The lowest BCUT2D eigenvalue weighted by Crippen LogP contribution is -2.45. The van der Waals surface area contributed by atoms with Gasteiger partial charge in [0.15, 0.2) is 0 Å². The van der Waals surface area contributed by atoms with Gasteiger partial charge in [0.05, 0.1) is 11.5 Å². The second-order valence-electron chi connectivity index (χ2n) is 5.59. The molecule has 0 spiro atoms. The minimum absolute atomic E-state index is 0.116. The fraction of sp³-hybridized carbons (Fsp3) is 0.917. The number of carbonyl (C=O) groups excluding carboxylic acids is 1. The highest BCUT2D eigenvalue weighted by atomic mass is 16.3. The number of β-amino-alcohol motifs (C(OH)–C–C–N with tert-alkyl or cyclic N) is 1. The molecule has 0 bridgehead atoms. The van der Waals surface area contributed by atoms with Crippen LogP contribution in [0, 0.1) is 5.92 Å². The summed E-state index contributed by atoms with van der Waals surface area (Å²) in [5.74, 6) is 0.335. The lowest BCUT2D eigenvalue weighted by molar-refractivity contribution is -0.136. The third-order valence-corrected chi connectivity index (χ3v) is 3.77. The van der Waals surface area contributed by atoms with Gasteiger partial charge in [0, 0.05) is 25.7 Å². The van der Waals surface area contributed by atoms with Crippen LogP contribution in [0.1, 0.15) is 33.1 Å². The van der Waals surface area contributed by atoms with E-state index in [2.05, 4.69) is 12.2 Å². The minimum Gasteiger partial charge on any atom is -0.388 e. The first-order valence-corrected chi connectivity index (χ1v) is 6.22. The lowest BCUT2D eigenvalue weighted by atomic mass is 9.94. The summed E-state index contributed by atoms with van der Waals surface area (Å²) in [6, 6.07) is 0.533. The quantitative estimate of drug-likeness (QED) is 0.678. The van der Waals surface area contributed by atoms with Crippen LogP contribution < -0.4 is 5.32 Å². The van der Waals surface area contributed by atoms with Gasteiger partial charge >= 0.3 is 0 Å². The van der Waals surface area contributed by atoms with Crippen molar-refractivity contribution < 1.29 is 9.90 Å². The van der Waals surface area contributed by atoms with Crippen molar-refractivity contribution in [2.45, 2.75) is 44.8 Å². The van der Waals surface area contributed by atoms with E-state index in [9.17, 15) is 9.90 Å². The maximum absolute atomic E-state index is 12.2. The van der Waals surface area contributed by atoms with Gasteiger partial charge < -0.3 is 15.3 Å². The molecule has 0 aliphatic carbocycles. The van der Waals surface area contributed by atoms with Crippen LogP contribution in [-0.2, 0) is 4.79 Å². The van der Waals surface area contributed by atoms with Crippen LogP contribution >= 0.6 is 0 Å². The number of nitrogens with zero attached hydrogens (tertiary/aromatic N) is 1. The van der Waals surface area contributed by atoms with Crippen molar-refractivity contribution in [3.05, 3.63) is 0 Å². The maximum atomic E-state index is 12.2. The van der Waals surface area contributed by atoms with E-state index in [0.29, 0.717) is 25.6 Å². The predicted molar refractivity (Wildman–Crippen MR) is 62.0 cm³/mol. The maximum Gasteiger partial charge on any atom is 0.227 e. The molecule has 0 aromatic carbocycles. The Balaban J connectivity index is 1.89. The van der Waals surface area contributed by atoms with Crippen molar-refractivity contribution >= 4 is 5.91 Å². The molecule has 3 atom stereocenters. The van der Waals surface area contributed by atoms with Crippen molar-refractivity contribution in [1.29, 1.82) is 0 Å². The molecule has 2 aliphatic rings. The number of carbonyl (C=O) groups is 1. The molecular weight excluding hydrogens is 204 g/mol. The minimum atomic E-state index is -0.676. The van der Waals surface area contributed by atoms with Gasteiger partial charge in [-0.3, -0.25) is 4.79 Å². The van der Waals surface area contributed by atoms with Crippen LogP contribution in [-0.4, -0.2) is 47.2 Å². The monoisotopic (exact) mass is 226 g/mol. The summed E-state index contributed by atoms with van der Waals surface area (Å²) in [6.45, 7) is 5.96. The van der Waals surface area contributed by atoms with Crippen molar-refractivity contribution in [3.8, 4) is 0 Å². The fourth-order valence-electron chi connectivity index (χ4n) is 2.60. The van der Waals surface area contributed by atoms with E-state index in [1.807, 2.05) is 11.8 Å². The Bertz CT molecular complexity index is 270. The Morgan fingerprint density at radius 2 is 2.25 bits per heavy atom. The topological polar surface area (TPSA) is 52.6 Å². The fourth-order valence-corrected chi connectivity index (χ4v) is 2.60. The standard InChI is InChI=1S/C12H22N2O2/c1-9-3-4-10(7-13-9)11(15)14-6-5-12(2,16)8-14/h9-10,13,16H,3-8H2,1-2H3. The third-order valence-electron chi connectivity index (χ3n) is 3.77. The second kappa shape index (κ2) is 4.34. The highest BCUT2D eigenvalue weighted by Gasteiger charge is 2.37. The molecule has 4 heteroatoms. The molecule has 2 saturated heterocycles. The Morgan fingerprint density at radius 3 is 2.75 bits per heavy atom. The molecule has 0 radical (unpaired) electrons. The normalized spacial score (nSPS) is 40.1. The number of nitrogens with one attached hydrogen (secondary N) is 1. The molecule has 16 heavy (non-hydrogen) atoms. The highest BCUT2D eigenvalue weighted by molar-refractivity contribution is 5.79. The van der Waals surface area contributed by atoms with Gasteiger partial charge in [-0.1, -0.05) is 0 Å². The Kier molecular flexibility index (Phi) is 3.22.